The van der Waals surface area contributed by atoms with E-state index in [2.05, 4.69) is 45.5 Å². The van der Waals surface area contributed by atoms with E-state index in [-0.39, 0.29) is 0 Å². The molecule has 1 aromatic heterocycles. The van der Waals surface area contributed by atoms with E-state index in [0.717, 1.165) is 37.7 Å². The third-order valence-corrected chi connectivity index (χ3v) is 4.03. The zero-order chi connectivity index (χ0) is 14.3. The zero-order valence-electron chi connectivity index (χ0n) is 11.8. The average molecular weight is 283 g/mol. The van der Waals surface area contributed by atoms with Gasteiger partial charge in [0.2, 0.25) is 0 Å². The molecule has 0 spiro atoms. The monoisotopic (exact) mass is 283 g/mol. The van der Waals surface area contributed by atoms with Crippen molar-refractivity contribution in [2.75, 3.05) is 31.4 Å². The van der Waals surface area contributed by atoms with Crippen molar-refractivity contribution >= 4 is 45.4 Å². The van der Waals surface area contributed by atoms with Crippen LogP contribution in [-0.2, 0) is 0 Å². The van der Waals surface area contributed by atoms with Gasteiger partial charge < -0.3 is 15.2 Å². The highest BCUT2D eigenvalue weighted by Crippen LogP contribution is 2.27. The van der Waals surface area contributed by atoms with Crippen molar-refractivity contribution in [3.63, 3.8) is 0 Å². The number of nitrogens with one attached hydrogen (secondary N) is 2. The molecule has 0 aliphatic rings. The van der Waals surface area contributed by atoms with Gasteiger partial charge in [-0.25, -0.2) is 0 Å². The number of H-pyrrole nitrogens is 1. The van der Waals surface area contributed by atoms with Gasteiger partial charge in [0.15, 0.2) is 0 Å². The average Bonchev–Trinajstić information content (AvgIpc) is 2.46. The standard InChI is InChI=1S/C16H17N3S/c1-17-10-4-6-12-14(8-10)18-15-9-11(19(2)3)5-7-13(15)16(12)20/h4-9,17H,1-3H3,(H,18,20). The third-order valence-electron chi connectivity index (χ3n) is 3.59. The molecule has 0 radical (unpaired) electrons. The Hall–Kier alpha value is -2.07. The Kier molecular flexibility index (Phi) is 3.10. The maximum absolute atomic E-state index is 5.63. The van der Waals surface area contributed by atoms with Crippen LogP contribution in [0.1, 0.15) is 0 Å². The number of hydrogen-bond acceptors (Lipinski definition) is 3. The Morgan fingerprint density at radius 2 is 1.65 bits per heavy atom. The highest BCUT2D eigenvalue weighted by atomic mass is 32.1. The summed E-state index contributed by atoms with van der Waals surface area (Å²) in [7, 11) is 5.99. The minimum Gasteiger partial charge on any atom is -0.388 e. The Morgan fingerprint density at radius 1 is 1.00 bits per heavy atom. The lowest BCUT2D eigenvalue weighted by Gasteiger charge is -2.14. The molecule has 3 aromatic rings. The molecule has 2 N–H and O–H groups in total. The van der Waals surface area contributed by atoms with Gasteiger partial charge >= 0.3 is 0 Å². The van der Waals surface area contributed by atoms with E-state index < -0.39 is 0 Å². The predicted molar refractivity (Wildman–Crippen MR) is 90.5 cm³/mol. The molecule has 0 bridgehead atoms. The SMILES string of the molecule is CNc1ccc2c(=S)c3ccc(N(C)C)cc3[nH]c2c1. The molecule has 0 aliphatic heterocycles. The smallest absolute Gasteiger partial charge is 0.0563 e. The zero-order valence-corrected chi connectivity index (χ0v) is 12.6. The number of hydrogen-bond donors (Lipinski definition) is 2. The molecule has 102 valence electrons. The molecular weight excluding hydrogens is 266 g/mol. The number of rotatable bonds is 2. The number of anilines is 2. The predicted octanol–water partition coefficient (Wildman–Crippen LogP) is 4.16. The van der Waals surface area contributed by atoms with E-state index in [4.69, 9.17) is 12.2 Å². The molecule has 3 nitrogen and oxygen atoms in total. The molecule has 0 amide bonds. The molecule has 0 unspecified atom stereocenters. The lowest BCUT2D eigenvalue weighted by Crippen LogP contribution is -2.08. The molecule has 2 aromatic carbocycles. The van der Waals surface area contributed by atoms with Crippen LogP contribution in [0, 0.1) is 4.51 Å². The Labute approximate surface area is 123 Å². The van der Waals surface area contributed by atoms with Crippen LogP contribution in [0.15, 0.2) is 36.4 Å². The summed E-state index contributed by atoms with van der Waals surface area (Å²) in [5, 5.41) is 5.33. The molecule has 0 atom stereocenters. The fourth-order valence-electron chi connectivity index (χ4n) is 2.40. The summed E-state index contributed by atoms with van der Waals surface area (Å²) < 4.78 is 0.904. The topological polar surface area (TPSA) is 31.1 Å². The summed E-state index contributed by atoms with van der Waals surface area (Å²) >= 11 is 5.63. The summed E-state index contributed by atoms with van der Waals surface area (Å²) in [6, 6.07) is 12.5. The van der Waals surface area contributed by atoms with E-state index >= 15 is 0 Å². The van der Waals surface area contributed by atoms with E-state index in [1.807, 2.05) is 27.2 Å². The fraction of sp³-hybridized carbons (Fsp3) is 0.188. The molecule has 0 aliphatic carbocycles. The van der Waals surface area contributed by atoms with Crippen molar-refractivity contribution in [3.8, 4) is 0 Å². The Balaban J connectivity index is 2.38. The number of nitrogens with zero attached hydrogens (tertiary/aromatic N) is 1. The first kappa shape index (κ1) is 12.9. The largest absolute Gasteiger partial charge is 0.388 e. The van der Waals surface area contributed by atoms with Crippen LogP contribution in [0.25, 0.3) is 21.8 Å². The van der Waals surface area contributed by atoms with Crippen LogP contribution in [0.5, 0.6) is 0 Å². The van der Waals surface area contributed by atoms with Crippen molar-refractivity contribution in [2.45, 2.75) is 0 Å². The first-order chi connectivity index (χ1) is 9.60. The number of benzene rings is 2. The second-order valence-corrected chi connectivity index (χ2v) is 5.50. The first-order valence-electron chi connectivity index (χ1n) is 6.55. The molecule has 4 heteroatoms. The Morgan fingerprint density at radius 3 is 2.30 bits per heavy atom. The summed E-state index contributed by atoms with van der Waals surface area (Å²) in [5.74, 6) is 0. The van der Waals surface area contributed by atoms with Gasteiger partial charge in [-0.05, 0) is 36.4 Å². The second-order valence-electron chi connectivity index (χ2n) is 5.09. The van der Waals surface area contributed by atoms with Gasteiger partial charge in [-0.3, -0.25) is 0 Å². The van der Waals surface area contributed by atoms with Gasteiger partial charge in [0.1, 0.15) is 0 Å². The lowest BCUT2D eigenvalue weighted by atomic mass is 10.1. The van der Waals surface area contributed by atoms with Crippen LogP contribution >= 0.6 is 12.2 Å². The molecule has 20 heavy (non-hydrogen) atoms. The molecule has 0 saturated carbocycles. The number of fused-ring (bicyclic) bond motifs is 2. The van der Waals surface area contributed by atoms with E-state index in [1.165, 1.54) is 0 Å². The Bertz CT molecular complexity index is 849. The third kappa shape index (κ3) is 2.02. The van der Waals surface area contributed by atoms with Crippen LogP contribution in [0.2, 0.25) is 0 Å². The van der Waals surface area contributed by atoms with E-state index in [0.29, 0.717) is 0 Å². The van der Waals surface area contributed by atoms with Crippen molar-refractivity contribution < 1.29 is 0 Å². The maximum Gasteiger partial charge on any atom is 0.0563 e. The quantitative estimate of drug-likeness (QED) is 0.547. The maximum atomic E-state index is 5.63. The summed E-state index contributed by atoms with van der Waals surface area (Å²) in [6.45, 7) is 0. The van der Waals surface area contributed by atoms with Crippen molar-refractivity contribution in [1.29, 1.82) is 0 Å². The van der Waals surface area contributed by atoms with Crippen LogP contribution in [-0.4, -0.2) is 26.1 Å². The molecule has 0 fully saturated rings. The van der Waals surface area contributed by atoms with Gasteiger partial charge in [-0.1, -0.05) is 12.2 Å². The van der Waals surface area contributed by atoms with Crippen molar-refractivity contribution in [2.24, 2.45) is 0 Å². The normalized spacial score (nSPS) is 10.9. The summed E-state index contributed by atoms with van der Waals surface area (Å²) in [6.07, 6.45) is 0. The number of aromatic amines is 1. The highest BCUT2D eigenvalue weighted by molar-refractivity contribution is 7.72. The van der Waals surface area contributed by atoms with Gasteiger partial charge in [-0.2, -0.15) is 0 Å². The number of pyridine rings is 1. The van der Waals surface area contributed by atoms with Crippen molar-refractivity contribution in [3.05, 3.63) is 40.9 Å². The summed E-state index contributed by atoms with van der Waals surface area (Å²) in [5.41, 5.74) is 4.37. The molecule has 1 heterocycles. The van der Waals surface area contributed by atoms with Gasteiger partial charge in [0.05, 0.1) is 4.51 Å². The molecule has 0 saturated heterocycles. The lowest BCUT2D eigenvalue weighted by molar-refractivity contribution is 1.13. The van der Waals surface area contributed by atoms with Gasteiger partial charge in [-0.15, -0.1) is 0 Å². The highest BCUT2D eigenvalue weighted by Gasteiger charge is 2.05. The minimum atomic E-state index is 0.904. The van der Waals surface area contributed by atoms with Crippen LogP contribution in [0.3, 0.4) is 0 Å². The first-order valence-corrected chi connectivity index (χ1v) is 6.96. The second kappa shape index (κ2) is 4.80. The van der Waals surface area contributed by atoms with Crippen molar-refractivity contribution in [1.82, 2.24) is 4.98 Å². The number of aromatic nitrogens is 1. The van der Waals surface area contributed by atoms with Gasteiger partial charge in [0, 0.05) is 54.3 Å². The van der Waals surface area contributed by atoms with Gasteiger partial charge in [0.25, 0.3) is 0 Å². The van der Waals surface area contributed by atoms with Crippen LogP contribution < -0.4 is 10.2 Å². The van der Waals surface area contributed by atoms with E-state index in [9.17, 15) is 0 Å². The molecule has 3 rings (SSSR count). The summed E-state index contributed by atoms with van der Waals surface area (Å²) in [4.78, 5) is 5.57. The molecular formula is C16H17N3S. The van der Waals surface area contributed by atoms with E-state index in [1.54, 1.807) is 0 Å². The fourth-order valence-corrected chi connectivity index (χ4v) is 2.76. The minimum absolute atomic E-state index is 0.904. The van der Waals surface area contributed by atoms with Crippen LogP contribution in [0.4, 0.5) is 11.4 Å².